The highest BCUT2D eigenvalue weighted by atomic mass is 32.2. The predicted octanol–water partition coefficient (Wildman–Crippen LogP) is 3.98. The third-order valence-electron chi connectivity index (χ3n) is 3.78. The molecule has 0 aromatic heterocycles. The van der Waals surface area contributed by atoms with Gasteiger partial charge in [0.05, 0.1) is 4.91 Å². The fourth-order valence-electron chi connectivity index (χ4n) is 2.73. The maximum absolute atomic E-state index is 12.5. The van der Waals surface area contributed by atoms with Crippen LogP contribution >= 0.6 is 11.8 Å². The van der Waals surface area contributed by atoms with Gasteiger partial charge < -0.3 is 5.32 Å². The summed E-state index contributed by atoms with van der Waals surface area (Å²) >= 11 is 0.848. The molecule has 1 N–H and O–H groups in total. The summed E-state index contributed by atoms with van der Waals surface area (Å²) in [6.45, 7) is 3.57. The van der Waals surface area contributed by atoms with Crippen molar-refractivity contribution < 1.29 is 14.4 Å². The van der Waals surface area contributed by atoms with E-state index in [2.05, 4.69) is 5.32 Å². The molecule has 1 heterocycles. The van der Waals surface area contributed by atoms with E-state index >= 15 is 0 Å². The smallest absolute Gasteiger partial charge is 0.294 e. The highest BCUT2D eigenvalue weighted by molar-refractivity contribution is 8.18. The molecule has 1 aliphatic heterocycles. The molecule has 1 fully saturated rings. The van der Waals surface area contributed by atoms with Gasteiger partial charge in [0, 0.05) is 5.69 Å². The zero-order chi connectivity index (χ0) is 18.7. The number of thioether (sulfide) groups is 1. The molecule has 5 nitrogen and oxygen atoms in total. The van der Waals surface area contributed by atoms with Crippen LogP contribution in [0.3, 0.4) is 0 Å². The fraction of sp³-hybridized carbons (Fsp3) is 0.150. The number of rotatable bonds is 4. The van der Waals surface area contributed by atoms with Gasteiger partial charge in [0.25, 0.3) is 11.1 Å². The van der Waals surface area contributed by atoms with E-state index in [1.54, 1.807) is 6.08 Å². The summed E-state index contributed by atoms with van der Waals surface area (Å²) in [7, 11) is 0. The number of benzene rings is 2. The molecule has 2 aromatic carbocycles. The minimum atomic E-state index is -0.445. The lowest BCUT2D eigenvalue weighted by Gasteiger charge is -2.13. The number of nitrogens with one attached hydrogen (secondary N) is 1. The van der Waals surface area contributed by atoms with Gasteiger partial charge in [-0.05, 0) is 60.5 Å². The second-order valence-corrected chi connectivity index (χ2v) is 7.10. The molecule has 1 aliphatic rings. The van der Waals surface area contributed by atoms with Crippen LogP contribution in [0.25, 0.3) is 6.08 Å². The Labute approximate surface area is 156 Å². The van der Waals surface area contributed by atoms with Crippen molar-refractivity contribution in [3.05, 3.63) is 70.1 Å². The Bertz CT molecular complexity index is 886. The van der Waals surface area contributed by atoms with Gasteiger partial charge in [-0.1, -0.05) is 36.4 Å². The van der Waals surface area contributed by atoms with Crippen LogP contribution in [0.4, 0.5) is 10.5 Å². The molecule has 1 saturated heterocycles. The average molecular weight is 366 g/mol. The van der Waals surface area contributed by atoms with E-state index in [1.165, 1.54) is 0 Å². The highest BCUT2D eigenvalue weighted by Crippen LogP contribution is 2.32. The number of hydrogen-bond acceptors (Lipinski definition) is 4. The van der Waals surface area contributed by atoms with E-state index in [9.17, 15) is 14.4 Å². The number of carbonyl (C=O) groups excluding carboxylic acids is 3. The summed E-state index contributed by atoms with van der Waals surface area (Å²) in [5.74, 6) is -0.849. The first-order valence-corrected chi connectivity index (χ1v) is 8.92. The molecule has 0 unspecified atom stereocenters. The molecule has 132 valence electrons. The minimum Gasteiger partial charge on any atom is -0.325 e. The quantitative estimate of drug-likeness (QED) is 0.831. The number of carbonyl (C=O) groups is 3. The van der Waals surface area contributed by atoms with Crippen molar-refractivity contribution in [1.29, 1.82) is 0 Å². The van der Waals surface area contributed by atoms with Crippen molar-refractivity contribution in [2.75, 3.05) is 11.9 Å². The Hall–Kier alpha value is -2.86. The van der Waals surface area contributed by atoms with Gasteiger partial charge in [-0.25, -0.2) is 0 Å². The first kappa shape index (κ1) is 17.9. The molecule has 0 radical (unpaired) electrons. The van der Waals surface area contributed by atoms with Crippen molar-refractivity contribution in [3.8, 4) is 0 Å². The van der Waals surface area contributed by atoms with Gasteiger partial charge in [-0.15, -0.1) is 0 Å². The third-order valence-corrected chi connectivity index (χ3v) is 4.69. The first-order chi connectivity index (χ1) is 12.4. The van der Waals surface area contributed by atoms with Crippen LogP contribution in [0.5, 0.6) is 0 Å². The lowest BCUT2D eigenvalue weighted by atomic mass is 10.1. The van der Waals surface area contributed by atoms with Crippen LogP contribution in [0.1, 0.15) is 16.7 Å². The average Bonchev–Trinajstić information content (AvgIpc) is 2.82. The normalized spacial score (nSPS) is 15.6. The van der Waals surface area contributed by atoms with Gasteiger partial charge >= 0.3 is 0 Å². The van der Waals surface area contributed by atoms with E-state index in [0.717, 1.165) is 33.4 Å². The lowest BCUT2D eigenvalue weighted by Crippen LogP contribution is -2.36. The van der Waals surface area contributed by atoms with Crippen LogP contribution in [0, 0.1) is 13.8 Å². The van der Waals surface area contributed by atoms with Crippen molar-refractivity contribution in [3.63, 3.8) is 0 Å². The van der Waals surface area contributed by atoms with E-state index in [1.807, 2.05) is 62.4 Å². The number of amides is 3. The summed E-state index contributed by atoms with van der Waals surface area (Å²) in [6.07, 6.45) is 1.66. The van der Waals surface area contributed by atoms with Crippen molar-refractivity contribution in [2.24, 2.45) is 0 Å². The summed E-state index contributed by atoms with van der Waals surface area (Å²) in [6, 6.07) is 15.0. The summed E-state index contributed by atoms with van der Waals surface area (Å²) < 4.78 is 0. The molecular formula is C20H18N2O3S. The molecule has 2 aromatic rings. The summed E-state index contributed by atoms with van der Waals surface area (Å²) in [5.41, 5.74) is 3.53. The minimum absolute atomic E-state index is 0.302. The van der Waals surface area contributed by atoms with Crippen LogP contribution in [0.2, 0.25) is 0 Å². The summed E-state index contributed by atoms with van der Waals surface area (Å²) in [5, 5.41) is 2.31. The van der Waals surface area contributed by atoms with Crippen molar-refractivity contribution in [1.82, 2.24) is 4.90 Å². The van der Waals surface area contributed by atoms with Crippen molar-refractivity contribution >= 4 is 40.6 Å². The third kappa shape index (κ3) is 4.21. The first-order valence-electron chi connectivity index (χ1n) is 8.11. The fourth-order valence-corrected chi connectivity index (χ4v) is 3.57. The molecule has 0 saturated carbocycles. The topological polar surface area (TPSA) is 66.5 Å². The van der Waals surface area contributed by atoms with E-state index in [-0.39, 0.29) is 6.54 Å². The van der Waals surface area contributed by atoms with E-state index < -0.39 is 17.1 Å². The standard InChI is InChI=1S/C20H18N2O3S/c1-13-8-14(2)10-16(9-13)21-18(23)12-22-19(24)17(26-20(22)25)11-15-6-4-3-5-7-15/h3-11H,12H2,1-2H3,(H,21,23)/b17-11+. The Kier molecular flexibility index (Phi) is 5.23. The number of hydrogen-bond donors (Lipinski definition) is 1. The second kappa shape index (κ2) is 7.58. The van der Waals surface area contributed by atoms with Crippen molar-refractivity contribution in [2.45, 2.75) is 13.8 Å². The summed E-state index contributed by atoms with van der Waals surface area (Å²) in [4.78, 5) is 38.1. The largest absolute Gasteiger partial charge is 0.325 e. The molecule has 0 atom stereocenters. The maximum atomic E-state index is 12.5. The van der Waals surface area contributed by atoms with Crippen LogP contribution in [-0.4, -0.2) is 28.5 Å². The SMILES string of the molecule is Cc1cc(C)cc(NC(=O)CN2C(=O)S/C(=C/c3ccccc3)C2=O)c1. The Morgan fingerprint density at radius 1 is 1.08 bits per heavy atom. The molecule has 0 aliphatic carbocycles. The number of nitrogens with zero attached hydrogens (tertiary/aromatic N) is 1. The molecule has 3 amide bonds. The number of aryl methyl sites for hydroxylation is 2. The molecule has 3 rings (SSSR count). The number of anilines is 1. The van der Waals surface area contributed by atoms with Gasteiger partial charge in [0.1, 0.15) is 6.54 Å². The molecule has 26 heavy (non-hydrogen) atoms. The molecule has 6 heteroatoms. The second-order valence-electron chi connectivity index (χ2n) is 6.10. The zero-order valence-corrected chi connectivity index (χ0v) is 15.3. The zero-order valence-electron chi connectivity index (χ0n) is 14.5. The Balaban J connectivity index is 1.69. The number of imide groups is 1. The van der Waals surface area contributed by atoms with Crippen LogP contribution in [0.15, 0.2) is 53.4 Å². The Morgan fingerprint density at radius 3 is 2.38 bits per heavy atom. The highest BCUT2D eigenvalue weighted by Gasteiger charge is 2.36. The molecule has 0 bridgehead atoms. The maximum Gasteiger partial charge on any atom is 0.294 e. The van der Waals surface area contributed by atoms with Gasteiger partial charge in [-0.2, -0.15) is 0 Å². The van der Waals surface area contributed by atoms with E-state index in [4.69, 9.17) is 0 Å². The van der Waals surface area contributed by atoms with Gasteiger partial charge in [0.15, 0.2) is 0 Å². The lowest BCUT2D eigenvalue weighted by molar-refractivity contribution is -0.127. The van der Waals surface area contributed by atoms with Crippen LogP contribution in [-0.2, 0) is 9.59 Å². The van der Waals surface area contributed by atoms with Gasteiger partial charge in [0.2, 0.25) is 5.91 Å². The monoisotopic (exact) mass is 366 g/mol. The Morgan fingerprint density at radius 2 is 1.73 bits per heavy atom. The van der Waals surface area contributed by atoms with Crippen LogP contribution < -0.4 is 5.32 Å². The van der Waals surface area contributed by atoms with E-state index in [0.29, 0.717) is 10.6 Å². The predicted molar refractivity (Wildman–Crippen MR) is 104 cm³/mol. The molecule has 0 spiro atoms. The molecular weight excluding hydrogens is 348 g/mol. The van der Waals surface area contributed by atoms with Gasteiger partial charge in [-0.3, -0.25) is 19.3 Å².